The molecule has 0 aliphatic carbocycles. The maximum Gasteiger partial charge on any atom is 0.412 e. The summed E-state index contributed by atoms with van der Waals surface area (Å²) >= 11 is 0. The Kier molecular flexibility index (Phi) is 5.28. The Morgan fingerprint density at radius 1 is 1.29 bits per heavy atom. The van der Waals surface area contributed by atoms with Crippen molar-refractivity contribution in [2.45, 2.75) is 24.7 Å². The number of benzene rings is 1. The lowest BCUT2D eigenvalue weighted by atomic mass is 10.1. The molecule has 1 amide bonds. The van der Waals surface area contributed by atoms with Gasteiger partial charge in [-0.2, -0.15) is 13.2 Å². The molecule has 0 aliphatic heterocycles. The van der Waals surface area contributed by atoms with E-state index in [2.05, 4.69) is 0 Å². The topological polar surface area (TPSA) is 54.3 Å². The van der Waals surface area contributed by atoms with Crippen molar-refractivity contribution in [3.63, 3.8) is 0 Å². The van der Waals surface area contributed by atoms with Crippen LogP contribution in [0.4, 0.5) is 17.6 Å². The zero-order valence-corrected chi connectivity index (χ0v) is 12.7. The molecular formula is C16H16F4N2O2. The van der Waals surface area contributed by atoms with E-state index in [1.54, 1.807) is 7.05 Å². The van der Waals surface area contributed by atoms with Gasteiger partial charge in [-0.3, -0.25) is 4.79 Å². The molecule has 4 nitrogen and oxygen atoms in total. The third-order valence-electron chi connectivity index (χ3n) is 3.43. The summed E-state index contributed by atoms with van der Waals surface area (Å²) in [4.78, 5) is 11.9. The van der Waals surface area contributed by atoms with Crippen molar-refractivity contribution in [1.29, 1.82) is 0 Å². The molecule has 0 fully saturated rings. The van der Waals surface area contributed by atoms with Crippen molar-refractivity contribution in [3.05, 3.63) is 59.7 Å². The van der Waals surface area contributed by atoms with Crippen LogP contribution in [0.25, 0.3) is 0 Å². The van der Waals surface area contributed by atoms with Crippen LogP contribution in [0.3, 0.4) is 0 Å². The first-order valence-corrected chi connectivity index (χ1v) is 7.08. The number of aromatic nitrogens is 1. The monoisotopic (exact) mass is 344 g/mol. The van der Waals surface area contributed by atoms with Gasteiger partial charge in [0, 0.05) is 25.0 Å². The van der Waals surface area contributed by atoms with Crippen LogP contribution in [0.5, 0.6) is 0 Å². The third kappa shape index (κ3) is 4.58. The van der Waals surface area contributed by atoms with Gasteiger partial charge in [0.2, 0.25) is 5.91 Å². The average Bonchev–Trinajstić information content (AvgIpc) is 2.89. The summed E-state index contributed by atoms with van der Waals surface area (Å²) in [6.45, 7) is 0. The molecule has 0 saturated carbocycles. The summed E-state index contributed by atoms with van der Waals surface area (Å²) in [6, 6.07) is 3.99. The zero-order valence-electron chi connectivity index (χ0n) is 12.7. The first-order chi connectivity index (χ1) is 11.2. The lowest BCUT2D eigenvalue weighted by Gasteiger charge is -2.21. The number of hydrogen-bond acceptors (Lipinski definition) is 2. The van der Waals surface area contributed by atoms with Crippen LogP contribution in [0.1, 0.15) is 29.7 Å². The minimum Gasteiger partial charge on any atom is -0.388 e. The van der Waals surface area contributed by atoms with Crippen LogP contribution in [-0.4, -0.2) is 21.8 Å². The number of nitrogens with zero attached hydrogens (tertiary/aromatic N) is 1. The molecule has 24 heavy (non-hydrogen) atoms. The number of carbonyl (C=O) groups is 1. The average molecular weight is 344 g/mol. The fourth-order valence-corrected chi connectivity index (χ4v) is 2.28. The SMILES string of the molecule is Cn1ccc([C@H](NC(=O)C[C@H](O)c2cccc(F)c2)C(F)(F)F)c1. The maximum absolute atomic E-state index is 13.2. The van der Waals surface area contributed by atoms with Gasteiger partial charge < -0.3 is 15.0 Å². The molecule has 2 aromatic rings. The van der Waals surface area contributed by atoms with Crippen molar-refractivity contribution < 1.29 is 27.5 Å². The molecule has 2 atom stereocenters. The highest BCUT2D eigenvalue weighted by Crippen LogP contribution is 2.33. The third-order valence-corrected chi connectivity index (χ3v) is 3.43. The number of nitrogens with one attached hydrogen (secondary N) is 1. The Morgan fingerprint density at radius 3 is 2.54 bits per heavy atom. The Labute approximate surface area is 135 Å². The summed E-state index contributed by atoms with van der Waals surface area (Å²) in [5.41, 5.74) is 0.00650. The highest BCUT2D eigenvalue weighted by molar-refractivity contribution is 5.77. The minimum atomic E-state index is -4.68. The van der Waals surface area contributed by atoms with Crippen LogP contribution in [0.15, 0.2) is 42.7 Å². The van der Waals surface area contributed by atoms with Crippen molar-refractivity contribution in [3.8, 4) is 0 Å². The molecule has 1 aromatic heterocycles. The van der Waals surface area contributed by atoms with Crippen LogP contribution in [0, 0.1) is 5.82 Å². The summed E-state index contributed by atoms with van der Waals surface area (Å²) < 4.78 is 54.0. The Bertz CT molecular complexity index is 712. The molecular weight excluding hydrogens is 328 g/mol. The molecule has 1 heterocycles. The van der Waals surface area contributed by atoms with Gasteiger partial charge in [-0.25, -0.2) is 4.39 Å². The molecule has 0 bridgehead atoms. The molecule has 0 spiro atoms. The van der Waals surface area contributed by atoms with Crippen LogP contribution >= 0.6 is 0 Å². The highest BCUT2D eigenvalue weighted by atomic mass is 19.4. The van der Waals surface area contributed by atoms with Crippen LogP contribution < -0.4 is 5.32 Å². The predicted octanol–water partition coefficient (Wildman–Crippen LogP) is 3.01. The molecule has 0 radical (unpaired) electrons. The molecule has 8 heteroatoms. The van der Waals surface area contributed by atoms with Gasteiger partial charge in [0.1, 0.15) is 5.82 Å². The number of aliphatic hydroxyl groups is 1. The number of amides is 1. The van der Waals surface area contributed by atoms with Crippen molar-refractivity contribution >= 4 is 5.91 Å². The summed E-state index contributed by atoms with van der Waals surface area (Å²) in [7, 11) is 1.56. The van der Waals surface area contributed by atoms with E-state index in [-0.39, 0.29) is 11.1 Å². The first-order valence-electron chi connectivity index (χ1n) is 7.08. The Hall–Kier alpha value is -2.35. The second-order valence-electron chi connectivity index (χ2n) is 5.43. The molecule has 1 aromatic carbocycles. The molecule has 0 unspecified atom stereocenters. The number of alkyl halides is 3. The minimum absolute atomic E-state index is 0.112. The van der Waals surface area contributed by atoms with E-state index in [9.17, 15) is 27.5 Å². The highest BCUT2D eigenvalue weighted by Gasteiger charge is 2.42. The van der Waals surface area contributed by atoms with Gasteiger partial charge in [0.05, 0.1) is 12.5 Å². The largest absolute Gasteiger partial charge is 0.412 e. The van der Waals surface area contributed by atoms with E-state index in [4.69, 9.17) is 0 Å². The number of carbonyl (C=O) groups excluding carboxylic acids is 1. The number of hydrogen-bond donors (Lipinski definition) is 2. The van der Waals surface area contributed by atoms with Crippen molar-refractivity contribution in [2.75, 3.05) is 0 Å². The zero-order chi connectivity index (χ0) is 17.9. The molecule has 0 saturated heterocycles. The first kappa shape index (κ1) is 18.0. The van der Waals surface area contributed by atoms with E-state index in [0.717, 1.165) is 12.1 Å². The van der Waals surface area contributed by atoms with Gasteiger partial charge >= 0.3 is 6.18 Å². The number of aryl methyl sites for hydroxylation is 1. The van der Waals surface area contributed by atoms with Crippen molar-refractivity contribution in [1.82, 2.24) is 9.88 Å². The van der Waals surface area contributed by atoms with Gasteiger partial charge in [0.25, 0.3) is 0 Å². The summed E-state index contributed by atoms with van der Waals surface area (Å²) in [5, 5.41) is 11.8. The van der Waals surface area contributed by atoms with E-state index in [1.165, 1.54) is 35.2 Å². The Morgan fingerprint density at radius 2 is 2.00 bits per heavy atom. The van der Waals surface area contributed by atoms with E-state index < -0.39 is 36.5 Å². The number of halogens is 4. The van der Waals surface area contributed by atoms with Gasteiger partial charge in [-0.1, -0.05) is 12.1 Å². The molecule has 0 aliphatic rings. The number of rotatable bonds is 5. The van der Waals surface area contributed by atoms with Crippen molar-refractivity contribution in [2.24, 2.45) is 7.05 Å². The van der Waals surface area contributed by atoms with E-state index >= 15 is 0 Å². The quantitative estimate of drug-likeness (QED) is 0.820. The molecule has 2 N–H and O–H groups in total. The van der Waals surface area contributed by atoms with Crippen LogP contribution in [0.2, 0.25) is 0 Å². The normalized spacial score (nSPS) is 14.2. The lowest BCUT2D eigenvalue weighted by molar-refractivity contribution is -0.164. The molecule has 2 rings (SSSR count). The van der Waals surface area contributed by atoms with Gasteiger partial charge in [0.15, 0.2) is 6.04 Å². The van der Waals surface area contributed by atoms with E-state index in [1.807, 2.05) is 5.32 Å². The van der Waals surface area contributed by atoms with Crippen LogP contribution in [-0.2, 0) is 11.8 Å². The second kappa shape index (κ2) is 7.04. The number of aliphatic hydroxyl groups excluding tert-OH is 1. The standard InChI is InChI=1S/C16H16F4N2O2/c1-22-6-5-11(9-22)15(16(18,19)20)21-14(24)8-13(23)10-3-2-4-12(17)7-10/h2-7,9,13,15,23H,8H2,1H3,(H,21,24)/t13-,15-/m0/s1. The lowest BCUT2D eigenvalue weighted by Crippen LogP contribution is -2.38. The van der Waals surface area contributed by atoms with Gasteiger partial charge in [-0.15, -0.1) is 0 Å². The fourth-order valence-electron chi connectivity index (χ4n) is 2.28. The molecule has 130 valence electrons. The summed E-state index contributed by atoms with van der Waals surface area (Å²) in [6.07, 6.45) is -4.00. The summed E-state index contributed by atoms with van der Waals surface area (Å²) in [5.74, 6) is -1.60. The van der Waals surface area contributed by atoms with E-state index in [0.29, 0.717) is 0 Å². The smallest absolute Gasteiger partial charge is 0.388 e. The fraction of sp³-hybridized carbons (Fsp3) is 0.312. The Balaban J connectivity index is 2.08. The predicted molar refractivity (Wildman–Crippen MR) is 78.3 cm³/mol. The maximum atomic E-state index is 13.2. The second-order valence-corrected chi connectivity index (χ2v) is 5.43. The van der Waals surface area contributed by atoms with Gasteiger partial charge in [-0.05, 0) is 23.8 Å².